The highest BCUT2D eigenvalue weighted by atomic mass is 32.1. The van der Waals surface area contributed by atoms with Crippen molar-refractivity contribution in [3.05, 3.63) is 118 Å². The zero-order valence-electron chi connectivity index (χ0n) is 21.9. The van der Waals surface area contributed by atoms with E-state index in [4.69, 9.17) is 18.9 Å². The number of amides is 1. The highest BCUT2D eigenvalue weighted by Crippen LogP contribution is 2.31. The minimum absolute atomic E-state index is 0.0854. The van der Waals surface area contributed by atoms with Crippen molar-refractivity contribution in [2.24, 2.45) is 4.99 Å². The van der Waals surface area contributed by atoms with Crippen molar-refractivity contribution >= 4 is 46.8 Å². The minimum Gasteiger partial charge on any atom is -0.493 e. The highest BCUT2D eigenvalue weighted by molar-refractivity contribution is 7.12. The monoisotopic (exact) mass is 568 g/mol. The molecule has 5 rings (SSSR count). The van der Waals surface area contributed by atoms with E-state index in [1.54, 1.807) is 66.1 Å². The Morgan fingerprint density at radius 3 is 2.51 bits per heavy atom. The van der Waals surface area contributed by atoms with Crippen LogP contribution in [-0.2, 0) is 25.7 Å². The number of ether oxygens (including phenoxy) is 4. The number of anilines is 1. The van der Waals surface area contributed by atoms with E-state index in [1.165, 1.54) is 18.4 Å². The molecule has 206 valence electrons. The summed E-state index contributed by atoms with van der Waals surface area (Å²) in [5.41, 5.74) is 2.81. The zero-order chi connectivity index (χ0) is 28.6. The van der Waals surface area contributed by atoms with Crippen molar-refractivity contribution in [1.29, 1.82) is 0 Å². The van der Waals surface area contributed by atoms with Crippen LogP contribution in [0.15, 0.2) is 101 Å². The van der Waals surface area contributed by atoms with E-state index in [-0.39, 0.29) is 29.9 Å². The predicted octanol–water partition coefficient (Wildman–Crippen LogP) is 5.48. The Morgan fingerprint density at radius 1 is 0.976 bits per heavy atom. The van der Waals surface area contributed by atoms with Crippen LogP contribution in [0.4, 0.5) is 5.69 Å². The van der Waals surface area contributed by atoms with E-state index in [2.05, 4.69) is 10.3 Å². The number of carbonyl (C=O) groups is 3. The lowest BCUT2D eigenvalue weighted by atomic mass is 10.1. The Balaban J connectivity index is 1.20. The average Bonchev–Trinajstić information content (AvgIpc) is 3.65. The quantitative estimate of drug-likeness (QED) is 0.153. The Labute approximate surface area is 239 Å². The molecular formula is C31H24N2O7S. The fourth-order valence-corrected chi connectivity index (χ4v) is 4.42. The standard InChI is InChI=1S/C31H24N2O7S/c1-37-26-17-21(9-14-25(26)39-31(36)27-8-5-15-41-27)16-24-30(35)40-29(33-24)22-10-12-23(13-11-22)32-28(34)19-38-18-20-6-3-2-4-7-20/h2-17H,18-19H2,1H3,(H,32,34). The van der Waals surface area contributed by atoms with Gasteiger partial charge in [0.25, 0.3) is 0 Å². The Bertz CT molecular complexity index is 1610. The molecule has 0 saturated carbocycles. The van der Waals surface area contributed by atoms with Crippen LogP contribution in [-0.4, -0.2) is 37.5 Å². The maximum atomic E-state index is 12.5. The Hall–Kier alpha value is -5.06. The summed E-state index contributed by atoms with van der Waals surface area (Å²) >= 11 is 1.28. The maximum absolute atomic E-state index is 12.5. The van der Waals surface area contributed by atoms with Crippen molar-refractivity contribution in [2.75, 3.05) is 19.0 Å². The molecule has 0 saturated heterocycles. The summed E-state index contributed by atoms with van der Waals surface area (Å²) in [5, 5.41) is 4.55. The van der Waals surface area contributed by atoms with Crippen molar-refractivity contribution < 1.29 is 33.3 Å². The largest absolute Gasteiger partial charge is 0.493 e. The van der Waals surface area contributed by atoms with Gasteiger partial charge >= 0.3 is 11.9 Å². The maximum Gasteiger partial charge on any atom is 0.363 e. The summed E-state index contributed by atoms with van der Waals surface area (Å²) < 4.78 is 21.6. The van der Waals surface area contributed by atoms with Gasteiger partial charge < -0.3 is 24.3 Å². The fourth-order valence-electron chi connectivity index (χ4n) is 3.82. The molecule has 0 aliphatic carbocycles. The summed E-state index contributed by atoms with van der Waals surface area (Å²) in [4.78, 5) is 41.8. The number of methoxy groups -OCH3 is 1. The summed E-state index contributed by atoms with van der Waals surface area (Å²) in [5.74, 6) is -0.672. The number of cyclic esters (lactones) is 1. The van der Waals surface area contributed by atoms with E-state index >= 15 is 0 Å². The van der Waals surface area contributed by atoms with Crippen LogP contribution in [0.3, 0.4) is 0 Å². The van der Waals surface area contributed by atoms with E-state index in [0.717, 1.165) is 5.56 Å². The summed E-state index contributed by atoms with van der Waals surface area (Å²) in [6.45, 7) is 0.256. The van der Waals surface area contributed by atoms with Gasteiger partial charge in [-0.1, -0.05) is 42.5 Å². The third-order valence-corrected chi connectivity index (χ3v) is 6.65. The van der Waals surface area contributed by atoms with Gasteiger partial charge in [0.05, 0.1) is 13.7 Å². The SMILES string of the molecule is COc1cc(C=C2N=C(c3ccc(NC(=O)COCc4ccccc4)cc3)OC2=O)ccc1OC(=O)c1cccs1. The topological polar surface area (TPSA) is 113 Å². The van der Waals surface area contributed by atoms with E-state index in [9.17, 15) is 14.4 Å². The molecule has 9 nitrogen and oxygen atoms in total. The minimum atomic E-state index is -0.611. The molecule has 0 spiro atoms. The van der Waals surface area contributed by atoms with Crippen LogP contribution < -0.4 is 14.8 Å². The molecule has 1 aliphatic rings. The van der Waals surface area contributed by atoms with Crippen LogP contribution in [0.2, 0.25) is 0 Å². The van der Waals surface area contributed by atoms with Gasteiger partial charge in [-0.15, -0.1) is 11.3 Å². The van der Waals surface area contributed by atoms with Crippen molar-refractivity contribution in [3.8, 4) is 11.5 Å². The average molecular weight is 569 g/mol. The second kappa shape index (κ2) is 12.9. The van der Waals surface area contributed by atoms with Crippen molar-refractivity contribution in [3.63, 3.8) is 0 Å². The van der Waals surface area contributed by atoms with Crippen LogP contribution in [0.5, 0.6) is 11.5 Å². The molecule has 0 radical (unpaired) electrons. The zero-order valence-corrected chi connectivity index (χ0v) is 22.7. The summed E-state index contributed by atoms with van der Waals surface area (Å²) in [7, 11) is 1.46. The molecule has 4 aromatic rings. The number of benzene rings is 3. The number of nitrogens with zero attached hydrogens (tertiary/aromatic N) is 1. The van der Waals surface area contributed by atoms with Gasteiger partial charge in [-0.25, -0.2) is 14.6 Å². The second-order valence-electron chi connectivity index (χ2n) is 8.72. The Morgan fingerprint density at radius 2 is 1.78 bits per heavy atom. The Kier molecular flexibility index (Phi) is 8.63. The number of hydrogen-bond donors (Lipinski definition) is 1. The van der Waals surface area contributed by atoms with Crippen LogP contribution in [0, 0.1) is 0 Å². The predicted molar refractivity (Wildman–Crippen MR) is 154 cm³/mol. The van der Waals surface area contributed by atoms with E-state index in [0.29, 0.717) is 34.0 Å². The number of thiophene rings is 1. The lowest BCUT2D eigenvalue weighted by Gasteiger charge is -2.09. The molecule has 0 bridgehead atoms. The number of aliphatic imine (C=N–C) groups is 1. The van der Waals surface area contributed by atoms with Gasteiger partial charge in [-0.2, -0.15) is 0 Å². The number of nitrogens with one attached hydrogen (secondary N) is 1. The molecule has 0 fully saturated rings. The number of hydrogen-bond acceptors (Lipinski definition) is 9. The summed E-state index contributed by atoms with van der Waals surface area (Å²) in [6.07, 6.45) is 1.55. The van der Waals surface area contributed by atoms with Crippen molar-refractivity contribution in [2.45, 2.75) is 6.61 Å². The first-order valence-corrected chi connectivity index (χ1v) is 13.3. The van der Waals surface area contributed by atoms with Crippen LogP contribution in [0.25, 0.3) is 6.08 Å². The normalized spacial score (nSPS) is 13.4. The first kappa shape index (κ1) is 27.5. The lowest BCUT2D eigenvalue weighted by Crippen LogP contribution is -2.18. The molecule has 0 atom stereocenters. The van der Waals surface area contributed by atoms with Gasteiger partial charge in [0.2, 0.25) is 11.8 Å². The van der Waals surface area contributed by atoms with Crippen LogP contribution in [0.1, 0.15) is 26.4 Å². The molecule has 1 aliphatic heterocycles. The van der Waals surface area contributed by atoms with Gasteiger partial charge in [-0.3, -0.25) is 4.79 Å². The number of carbonyl (C=O) groups excluding carboxylic acids is 3. The van der Waals surface area contributed by atoms with E-state index in [1.807, 2.05) is 30.3 Å². The molecule has 1 aromatic heterocycles. The van der Waals surface area contributed by atoms with Gasteiger partial charge in [0.15, 0.2) is 17.2 Å². The summed E-state index contributed by atoms with van der Waals surface area (Å²) in [6, 6.07) is 24.7. The molecule has 3 aromatic carbocycles. The molecule has 0 unspecified atom stereocenters. The van der Waals surface area contributed by atoms with E-state index < -0.39 is 11.9 Å². The molecule has 2 heterocycles. The fraction of sp³-hybridized carbons (Fsp3) is 0.0968. The molecule has 10 heteroatoms. The third kappa shape index (κ3) is 7.13. The number of esters is 2. The van der Waals surface area contributed by atoms with Gasteiger partial charge in [0.1, 0.15) is 11.5 Å². The second-order valence-corrected chi connectivity index (χ2v) is 9.66. The van der Waals surface area contributed by atoms with Gasteiger partial charge in [0, 0.05) is 11.3 Å². The van der Waals surface area contributed by atoms with Crippen LogP contribution >= 0.6 is 11.3 Å². The van der Waals surface area contributed by atoms with Crippen molar-refractivity contribution in [1.82, 2.24) is 0 Å². The first-order valence-electron chi connectivity index (χ1n) is 12.5. The molecular weight excluding hydrogens is 544 g/mol. The number of rotatable bonds is 10. The molecule has 1 N–H and O–H groups in total. The molecule has 1 amide bonds. The lowest BCUT2D eigenvalue weighted by molar-refractivity contribution is -0.130. The molecule has 41 heavy (non-hydrogen) atoms. The first-order chi connectivity index (χ1) is 20.0. The van der Waals surface area contributed by atoms with Gasteiger partial charge in [-0.05, 0) is 65.0 Å². The smallest absolute Gasteiger partial charge is 0.363 e. The third-order valence-electron chi connectivity index (χ3n) is 5.80. The highest BCUT2D eigenvalue weighted by Gasteiger charge is 2.24.